The monoisotopic (exact) mass is 376 g/mol. The van der Waals surface area contributed by atoms with Gasteiger partial charge in [-0.3, -0.25) is 4.79 Å². The van der Waals surface area contributed by atoms with Crippen LogP contribution < -0.4 is 20.3 Å². The van der Waals surface area contributed by atoms with Gasteiger partial charge in [0.25, 0.3) is 5.91 Å². The zero-order valence-electron chi connectivity index (χ0n) is 16.3. The van der Waals surface area contributed by atoms with Gasteiger partial charge in [0.2, 0.25) is 0 Å². The molecule has 2 aromatic carbocycles. The van der Waals surface area contributed by atoms with Gasteiger partial charge in [-0.15, -0.1) is 0 Å². The predicted octanol–water partition coefficient (Wildman–Crippen LogP) is 4.54. The van der Waals surface area contributed by atoms with E-state index >= 15 is 0 Å². The van der Waals surface area contributed by atoms with Gasteiger partial charge in [-0.2, -0.15) is 0 Å². The van der Waals surface area contributed by atoms with Crippen LogP contribution in [0, 0.1) is 0 Å². The third-order valence-electron chi connectivity index (χ3n) is 4.10. The maximum atomic E-state index is 12.6. The topological polar surface area (TPSA) is 66.5 Å². The summed E-state index contributed by atoms with van der Waals surface area (Å²) in [6.45, 7) is 2.58. The van der Waals surface area contributed by atoms with Gasteiger partial charge in [0.05, 0.1) is 6.61 Å². The van der Waals surface area contributed by atoms with Crippen LogP contribution in [0.2, 0.25) is 0 Å². The Morgan fingerprint density at radius 1 is 1.00 bits per heavy atom. The quantitative estimate of drug-likeness (QED) is 0.634. The number of ether oxygens (including phenoxy) is 1. The third-order valence-corrected chi connectivity index (χ3v) is 4.10. The fraction of sp³-hybridized carbons (Fsp3) is 0.182. The maximum absolute atomic E-state index is 12.6. The molecular weight excluding hydrogens is 352 g/mol. The summed E-state index contributed by atoms with van der Waals surface area (Å²) in [4.78, 5) is 18.9. The number of carbonyl (C=O) groups excluding carboxylic acids is 1. The van der Waals surface area contributed by atoms with Gasteiger partial charge in [0, 0.05) is 42.9 Å². The number of rotatable bonds is 7. The minimum atomic E-state index is -0.185. The largest absolute Gasteiger partial charge is 0.494 e. The van der Waals surface area contributed by atoms with Crippen molar-refractivity contribution in [2.75, 3.05) is 36.2 Å². The third kappa shape index (κ3) is 5.01. The number of benzene rings is 2. The Bertz CT molecular complexity index is 922. The van der Waals surface area contributed by atoms with Crippen molar-refractivity contribution in [3.63, 3.8) is 0 Å². The van der Waals surface area contributed by atoms with Crippen LogP contribution in [0.5, 0.6) is 5.75 Å². The van der Waals surface area contributed by atoms with Crippen LogP contribution in [-0.2, 0) is 0 Å². The highest BCUT2D eigenvalue weighted by atomic mass is 16.5. The van der Waals surface area contributed by atoms with Crippen molar-refractivity contribution in [1.82, 2.24) is 4.98 Å². The predicted molar refractivity (Wildman–Crippen MR) is 114 cm³/mol. The van der Waals surface area contributed by atoms with Crippen LogP contribution >= 0.6 is 0 Å². The Labute approximate surface area is 165 Å². The highest BCUT2D eigenvalue weighted by Crippen LogP contribution is 2.20. The highest BCUT2D eigenvalue weighted by Gasteiger charge is 2.08. The van der Waals surface area contributed by atoms with E-state index in [0.717, 1.165) is 22.8 Å². The minimum Gasteiger partial charge on any atom is -0.494 e. The fourth-order valence-electron chi connectivity index (χ4n) is 2.64. The molecule has 1 aromatic heterocycles. The number of anilines is 4. The lowest BCUT2D eigenvalue weighted by molar-refractivity contribution is 0.102. The number of pyridine rings is 1. The second kappa shape index (κ2) is 8.90. The molecule has 144 valence electrons. The number of carbonyl (C=O) groups is 1. The summed E-state index contributed by atoms with van der Waals surface area (Å²) in [5.41, 5.74) is 3.21. The first-order valence-electron chi connectivity index (χ1n) is 9.10. The van der Waals surface area contributed by atoms with Crippen molar-refractivity contribution >= 4 is 28.8 Å². The number of aromatic nitrogens is 1. The molecule has 0 unspecified atom stereocenters. The molecule has 6 heteroatoms. The molecule has 0 bridgehead atoms. The number of amides is 1. The average molecular weight is 376 g/mol. The normalized spacial score (nSPS) is 10.2. The molecule has 1 heterocycles. The van der Waals surface area contributed by atoms with Crippen LogP contribution in [0.4, 0.5) is 22.9 Å². The van der Waals surface area contributed by atoms with E-state index in [-0.39, 0.29) is 5.91 Å². The molecule has 3 rings (SSSR count). The van der Waals surface area contributed by atoms with Gasteiger partial charge >= 0.3 is 0 Å². The Morgan fingerprint density at radius 2 is 1.68 bits per heavy atom. The number of nitrogens with zero attached hydrogens (tertiary/aromatic N) is 2. The SMILES string of the molecule is CCOc1ccc(Nc2cc(C(=O)Nc3ccc(N(C)C)cc3)ccn2)cc1. The first kappa shape index (κ1) is 19.2. The molecule has 0 aliphatic heterocycles. The molecule has 0 atom stereocenters. The molecule has 3 aromatic rings. The molecule has 6 nitrogen and oxygen atoms in total. The van der Waals surface area contributed by atoms with Crippen LogP contribution in [0.15, 0.2) is 66.9 Å². The van der Waals surface area contributed by atoms with Crippen LogP contribution in [-0.4, -0.2) is 31.6 Å². The zero-order chi connectivity index (χ0) is 19.9. The molecule has 1 amide bonds. The van der Waals surface area contributed by atoms with Gasteiger partial charge < -0.3 is 20.3 Å². The molecule has 0 aliphatic rings. The first-order valence-corrected chi connectivity index (χ1v) is 9.10. The molecule has 0 radical (unpaired) electrons. The molecule has 0 saturated heterocycles. The zero-order valence-corrected chi connectivity index (χ0v) is 16.3. The Balaban J connectivity index is 1.67. The van der Waals surface area contributed by atoms with E-state index in [4.69, 9.17) is 4.74 Å². The maximum Gasteiger partial charge on any atom is 0.255 e. The van der Waals surface area contributed by atoms with E-state index in [9.17, 15) is 4.79 Å². The van der Waals surface area contributed by atoms with Crippen molar-refractivity contribution < 1.29 is 9.53 Å². The smallest absolute Gasteiger partial charge is 0.255 e. The first-order chi connectivity index (χ1) is 13.5. The summed E-state index contributed by atoms with van der Waals surface area (Å²) in [7, 11) is 3.95. The lowest BCUT2D eigenvalue weighted by Gasteiger charge is -2.13. The lowest BCUT2D eigenvalue weighted by atomic mass is 10.2. The molecule has 2 N–H and O–H groups in total. The van der Waals surface area contributed by atoms with Crippen molar-refractivity contribution in [3.8, 4) is 5.75 Å². The summed E-state index contributed by atoms with van der Waals surface area (Å²) < 4.78 is 5.44. The van der Waals surface area contributed by atoms with Crippen LogP contribution in [0.1, 0.15) is 17.3 Å². The van der Waals surface area contributed by atoms with Crippen LogP contribution in [0.25, 0.3) is 0 Å². The van der Waals surface area contributed by atoms with E-state index < -0.39 is 0 Å². The highest BCUT2D eigenvalue weighted by molar-refractivity contribution is 6.04. The Hall–Kier alpha value is -3.54. The van der Waals surface area contributed by atoms with E-state index in [1.807, 2.05) is 74.4 Å². The van der Waals surface area contributed by atoms with Gasteiger partial charge in [-0.1, -0.05) is 0 Å². The fourth-order valence-corrected chi connectivity index (χ4v) is 2.64. The molecule has 0 fully saturated rings. The molecule has 28 heavy (non-hydrogen) atoms. The summed E-state index contributed by atoms with van der Waals surface area (Å²) in [6.07, 6.45) is 1.61. The van der Waals surface area contributed by atoms with Gasteiger partial charge in [0.1, 0.15) is 11.6 Å². The minimum absolute atomic E-state index is 0.185. The van der Waals surface area contributed by atoms with E-state index in [1.54, 1.807) is 18.3 Å². The number of hydrogen-bond donors (Lipinski definition) is 2. The van der Waals surface area contributed by atoms with E-state index in [1.165, 1.54) is 0 Å². The van der Waals surface area contributed by atoms with Crippen molar-refractivity contribution in [2.24, 2.45) is 0 Å². The van der Waals surface area contributed by atoms with E-state index in [2.05, 4.69) is 15.6 Å². The molecule has 0 saturated carbocycles. The standard InChI is InChI=1S/C22H24N4O2/c1-4-28-20-11-7-17(8-12-20)24-21-15-16(13-14-23-21)22(27)25-18-5-9-19(10-6-18)26(2)3/h5-15H,4H2,1-3H3,(H,23,24)(H,25,27). The van der Waals surface area contributed by atoms with Gasteiger partial charge in [-0.05, 0) is 67.6 Å². The summed E-state index contributed by atoms with van der Waals surface area (Å²) in [5, 5.41) is 6.11. The second-order valence-corrected chi connectivity index (χ2v) is 6.41. The van der Waals surface area contributed by atoms with Crippen LogP contribution in [0.3, 0.4) is 0 Å². The summed E-state index contributed by atoms with van der Waals surface area (Å²) in [5.74, 6) is 1.23. The Morgan fingerprint density at radius 3 is 2.32 bits per heavy atom. The van der Waals surface area contributed by atoms with Crippen molar-refractivity contribution in [3.05, 3.63) is 72.4 Å². The average Bonchev–Trinajstić information content (AvgIpc) is 2.70. The van der Waals surface area contributed by atoms with Crippen molar-refractivity contribution in [2.45, 2.75) is 6.92 Å². The molecule has 0 spiro atoms. The molecule has 0 aliphatic carbocycles. The van der Waals surface area contributed by atoms with Gasteiger partial charge in [0.15, 0.2) is 0 Å². The van der Waals surface area contributed by atoms with Gasteiger partial charge in [-0.25, -0.2) is 4.98 Å². The Kier molecular flexibility index (Phi) is 6.11. The second-order valence-electron chi connectivity index (χ2n) is 6.41. The number of nitrogens with one attached hydrogen (secondary N) is 2. The number of hydrogen-bond acceptors (Lipinski definition) is 5. The lowest BCUT2D eigenvalue weighted by Crippen LogP contribution is -2.13. The molecular formula is C22H24N4O2. The van der Waals surface area contributed by atoms with E-state index in [0.29, 0.717) is 18.0 Å². The summed E-state index contributed by atoms with van der Waals surface area (Å²) >= 11 is 0. The van der Waals surface area contributed by atoms with Crippen molar-refractivity contribution in [1.29, 1.82) is 0 Å². The summed E-state index contributed by atoms with van der Waals surface area (Å²) in [6, 6.07) is 18.7.